The summed E-state index contributed by atoms with van der Waals surface area (Å²) >= 11 is 6.18. The van der Waals surface area contributed by atoms with Gasteiger partial charge in [-0.25, -0.2) is 0 Å². The summed E-state index contributed by atoms with van der Waals surface area (Å²) in [6.07, 6.45) is 2.36. The zero-order valence-electron chi connectivity index (χ0n) is 12.9. The van der Waals surface area contributed by atoms with Gasteiger partial charge in [0, 0.05) is 17.0 Å². The van der Waals surface area contributed by atoms with Gasteiger partial charge in [-0.1, -0.05) is 47.5 Å². The van der Waals surface area contributed by atoms with Crippen molar-refractivity contribution in [3.63, 3.8) is 0 Å². The monoisotopic (exact) mass is 299 g/mol. The van der Waals surface area contributed by atoms with E-state index in [1.54, 1.807) is 0 Å². The lowest BCUT2D eigenvalue weighted by Crippen LogP contribution is -2.24. The smallest absolute Gasteiger partial charge is 0.0435 e. The zero-order valence-corrected chi connectivity index (χ0v) is 13.7. The quantitative estimate of drug-likeness (QED) is 0.809. The number of hydrogen-bond donors (Lipinski definition) is 1. The molecule has 21 heavy (non-hydrogen) atoms. The minimum atomic E-state index is 0.476. The van der Waals surface area contributed by atoms with Crippen molar-refractivity contribution in [1.82, 2.24) is 5.32 Å². The van der Waals surface area contributed by atoms with Crippen LogP contribution in [0.1, 0.15) is 52.6 Å². The number of nitrogens with one attached hydrogen (secondary N) is 1. The summed E-state index contributed by atoms with van der Waals surface area (Å²) in [5.41, 5.74) is 6.81. The third kappa shape index (κ3) is 2.73. The van der Waals surface area contributed by atoms with E-state index < -0.39 is 0 Å². The molecule has 0 amide bonds. The number of aryl methyl sites for hydroxylation is 2. The molecule has 0 spiro atoms. The highest BCUT2D eigenvalue weighted by Crippen LogP contribution is 2.42. The Morgan fingerprint density at radius 3 is 2.52 bits per heavy atom. The summed E-state index contributed by atoms with van der Waals surface area (Å²) in [6, 6.07) is 13.8. The van der Waals surface area contributed by atoms with E-state index in [9.17, 15) is 0 Å². The molecular formula is C19H22ClN. The van der Waals surface area contributed by atoms with E-state index in [-0.39, 0.29) is 0 Å². The molecule has 0 saturated heterocycles. The first-order valence-electron chi connectivity index (χ1n) is 7.64. The van der Waals surface area contributed by atoms with Gasteiger partial charge >= 0.3 is 0 Å². The van der Waals surface area contributed by atoms with Crippen molar-refractivity contribution in [1.29, 1.82) is 0 Å². The molecule has 0 radical (unpaired) electrons. The lowest BCUT2D eigenvalue weighted by atomic mass is 9.76. The Kier molecular flexibility index (Phi) is 4.05. The van der Waals surface area contributed by atoms with Crippen LogP contribution in [0.2, 0.25) is 5.02 Å². The summed E-state index contributed by atoms with van der Waals surface area (Å²) in [4.78, 5) is 0. The van der Waals surface area contributed by atoms with Gasteiger partial charge in [0.15, 0.2) is 0 Å². The van der Waals surface area contributed by atoms with Gasteiger partial charge in [-0.3, -0.25) is 0 Å². The summed E-state index contributed by atoms with van der Waals surface area (Å²) in [5.74, 6) is 0.487. The standard InChI is InChI=1S/C19H22ClN/c1-12-4-6-16-15(7-9-19(21-3)17(16)10-12)14-5-8-18(20)13(2)11-14/h4-6,8,10-11,15,19,21H,7,9H2,1-3H3/t15-,19-/m0/s1. The second-order valence-corrected chi connectivity index (χ2v) is 6.52. The van der Waals surface area contributed by atoms with Crippen LogP contribution in [0.4, 0.5) is 0 Å². The largest absolute Gasteiger partial charge is 0.313 e. The van der Waals surface area contributed by atoms with Crippen LogP contribution < -0.4 is 5.32 Å². The molecule has 2 aromatic carbocycles. The van der Waals surface area contributed by atoms with Crippen molar-refractivity contribution in [3.8, 4) is 0 Å². The van der Waals surface area contributed by atoms with Crippen LogP contribution in [0.25, 0.3) is 0 Å². The van der Waals surface area contributed by atoms with Crippen molar-refractivity contribution in [3.05, 3.63) is 69.2 Å². The van der Waals surface area contributed by atoms with Crippen LogP contribution in [0.15, 0.2) is 36.4 Å². The molecule has 0 heterocycles. The van der Waals surface area contributed by atoms with Crippen LogP contribution in [0.5, 0.6) is 0 Å². The SMILES string of the molecule is CN[C@H]1CC[C@@H](c2ccc(Cl)c(C)c2)c2ccc(C)cc21. The molecule has 0 unspecified atom stereocenters. The van der Waals surface area contributed by atoms with Gasteiger partial charge in [-0.2, -0.15) is 0 Å². The van der Waals surface area contributed by atoms with Crippen molar-refractivity contribution in [2.24, 2.45) is 0 Å². The normalized spacial score (nSPS) is 21.1. The molecule has 0 fully saturated rings. The first-order valence-corrected chi connectivity index (χ1v) is 8.01. The van der Waals surface area contributed by atoms with Gasteiger partial charge in [0.1, 0.15) is 0 Å². The molecule has 1 aliphatic rings. The molecule has 0 saturated carbocycles. The molecule has 1 N–H and O–H groups in total. The molecule has 0 aromatic heterocycles. The third-order valence-electron chi connectivity index (χ3n) is 4.67. The van der Waals surface area contributed by atoms with Crippen LogP contribution in [-0.4, -0.2) is 7.05 Å². The Labute approximate surface area is 132 Å². The minimum absolute atomic E-state index is 0.476. The van der Waals surface area contributed by atoms with Crippen LogP contribution in [-0.2, 0) is 0 Å². The van der Waals surface area contributed by atoms with Crippen molar-refractivity contribution in [2.75, 3.05) is 7.05 Å². The first-order chi connectivity index (χ1) is 10.1. The van der Waals surface area contributed by atoms with Gasteiger partial charge in [0.05, 0.1) is 0 Å². The average Bonchev–Trinajstić information content (AvgIpc) is 2.49. The Bertz CT molecular complexity index is 663. The second kappa shape index (κ2) is 5.82. The fraction of sp³-hybridized carbons (Fsp3) is 0.368. The average molecular weight is 300 g/mol. The molecule has 3 rings (SSSR count). The molecular weight excluding hydrogens is 278 g/mol. The van der Waals surface area contributed by atoms with Gasteiger partial charge in [-0.15, -0.1) is 0 Å². The summed E-state index contributed by atoms with van der Waals surface area (Å²) in [5, 5.41) is 4.31. The van der Waals surface area contributed by atoms with E-state index >= 15 is 0 Å². The Morgan fingerprint density at radius 1 is 1.00 bits per heavy atom. The van der Waals surface area contributed by atoms with Crippen LogP contribution >= 0.6 is 11.6 Å². The van der Waals surface area contributed by atoms with E-state index in [1.807, 2.05) is 6.07 Å². The summed E-state index contributed by atoms with van der Waals surface area (Å²) < 4.78 is 0. The minimum Gasteiger partial charge on any atom is -0.313 e. The van der Waals surface area contributed by atoms with Gasteiger partial charge < -0.3 is 5.32 Å². The predicted molar refractivity (Wildman–Crippen MR) is 90.2 cm³/mol. The first kappa shape index (κ1) is 14.6. The number of rotatable bonds is 2. The highest BCUT2D eigenvalue weighted by molar-refractivity contribution is 6.31. The molecule has 1 aliphatic carbocycles. The van der Waals surface area contributed by atoms with E-state index in [0.717, 1.165) is 5.02 Å². The summed E-state index contributed by atoms with van der Waals surface area (Å²) in [7, 11) is 2.06. The predicted octanol–water partition coefficient (Wildman–Crippen LogP) is 5.14. The molecule has 2 heteroatoms. The Morgan fingerprint density at radius 2 is 1.81 bits per heavy atom. The number of fused-ring (bicyclic) bond motifs is 1. The number of benzene rings is 2. The third-order valence-corrected chi connectivity index (χ3v) is 5.09. The van der Waals surface area contributed by atoms with Crippen molar-refractivity contribution in [2.45, 2.75) is 38.6 Å². The van der Waals surface area contributed by atoms with E-state index in [2.05, 4.69) is 56.5 Å². The molecule has 110 valence electrons. The molecule has 2 atom stereocenters. The number of halogens is 1. The Hall–Kier alpha value is -1.31. The molecule has 0 aliphatic heterocycles. The fourth-order valence-electron chi connectivity index (χ4n) is 3.49. The van der Waals surface area contributed by atoms with Gasteiger partial charge in [0.2, 0.25) is 0 Å². The molecule has 2 aromatic rings. The molecule has 1 nitrogen and oxygen atoms in total. The second-order valence-electron chi connectivity index (χ2n) is 6.11. The topological polar surface area (TPSA) is 12.0 Å². The highest BCUT2D eigenvalue weighted by Gasteiger charge is 2.27. The fourth-order valence-corrected chi connectivity index (χ4v) is 3.61. The molecule has 0 bridgehead atoms. The maximum atomic E-state index is 6.18. The van der Waals surface area contributed by atoms with Crippen LogP contribution in [0, 0.1) is 13.8 Å². The Balaban J connectivity index is 2.07. The van der Waals surface area contributed by atoms with E-state index in [0.29, 0.717) is 12.0 Å². The van der Waals surface area contributed by atoms with E-state index in [1.165, 1.54) is 40.7 Å². The maximum absolute atomic E-state index is 6.18. The van der Waals surface area contributed by atoms with Gasteiger partial charge in [-0.05, 0) is 62.1 Å². The summed E-state index contributed by atoms with van der Waals surface area (Å²) in [6.45, 7) is 4.25. The van der Waals surface area contributed by atoms with E-state index in [4.69, 9.17) is 11.6 Å². The zero-order chi connectivity index (χ0) is 15.0. The van der Waals surface area contributed by atoms with Crippen LogP contribution in [0.3, 0.4) is 0 Å². The maximum Gasteiger partial charge on any atom is 0.0435 e. The highest BCUT2D eigenvalue weighted by atomic mass is 35.5. The van der Waals surface area contributed by atoms with Crippen molar-refractivity contribution >= 4 is 11.6 Å². The van der Waals surface area contributed by atoms with Gasteiger partial charge in [0.25, 0.3) is 0 Å². The van der Waals surface area contributed by atoms with Crippen molar-refractivity contribution < 1.29 is 0 Å². The lowest BCUT2D eigenvalue weighted by molar-refractivity contribution is 0.470. The lowest BCUT2D eigenvalue weighted by Gasteiger charge is -2.32. The number of hydrogen-bond acceptors (Lipinski definition) is 1.